The van der Waals surface area contributed by atoms with Gasteiger partial charge in [0.1, 0.15) is 0 Å². The molecular weight excluding hydrogens is 287 g/mol. The summed E-state index contributed by atoms with van der Waals surface area (Å²) in [5.74, 6) is -0.160. The van der Waals surface area contributed by atoms with Crippen LogP contribution in [0, 0.1) is 0 Å². The Morgan fingerprint density at radius 3 is 2.37 bits per heavy atom. The molecule has 19 heavy (non-hydrogen) atoms. The Morgan fingerprint density at radius 2 is 1.89 bits per heavy atom. The standard InChI is InChI=1S/C13H18Cl2N2O2/c1-8(17(2)3)13(19)16-7-11(18)12-9(14)5-4-6-10(12)15/h4-6,8,11,18H,7H2,1-3H3,(H,16,19)/t8-,11?/m0/s1. The normalized spacial score (nSPS) is 14.3. The maximum absolute atomic E-state index is 11.8. The Morgan fingerprint density at radius 1 is 1.37 bits per heavy atom. The van der Waals surface area contributed by atoms with Gasteiger partial charge in [0, 0.05) is 22.2 Å². The molecule has 0 heterocycles. The van der Waals surface area contributed by atoms with E-state index in [9.17, 15) is 9.90 Å². The van der Waals surface area contributed by atoms with Gasteiger partial charge in [-0.3, -0.25) is 9.69 Å². The van der Waals surface area contributed by atoms with E-state index in [-0.39, 0.29) is 18.5 Å². The number of benzene rings is 1. The second-order valence-electron chi connectivity index (χ2n) is 4.54. The molecule has 4 nitrogen and oxygen atoms in total. The second-order valence-corrected chi connectivity index (χ2v) is 5.35. The van der Waals surface area contributed by atoms with Crippen LogP contribution >= 0.6 is 23.2 Å². The first-order chi connectivity index (χ1) is 8.84. The molecule has 1 unspecified atom stereocenters. The molecule has 0 spiro atoms. The minimum atomic E-state index is -0.931. The quantitative estimate of drug-likeness (QED) is 0.876. The minimum Gasteiger partial charge on any atom is -0.386 e. The molecular formula is C13H18Cl2N2O2. The number of halogens is 2. The number of hydrogen-bond acceptors (Lipinski definition) is 3. The molecule has 0 aliphatic heterocycles. The monoisotopic (exact) mass is 304 g/mol. The Hall–Kier alpha value is -0.810. The van der Waals surface area contributed by atoms with Crippen LogP contribution in [0.2, 0.25) is 10.0 Å². The predicted octanol–water partition coefficient (Wildman–Crippen LogP) is 2.09. The fourth-order valence-corrected chi connectivity index (χ4v) is 2.16. The zero-order valence-corrected chi connectivity index (χ0v) is 12.7. The van der Waals surface area contributed by atoms with Gasteiger partial charge in [0.05, 0.1) is 12.1 Å². The van der Waals surface area contributed by atoms with Gasteiger partial charge in [-0.1, -0.05) is 29.3 Å². The fraction of sp³-hybridized carbons (Fsp3) is 0.462. The summed E-state index contributed by atoms with van der Waals surface area (Å²) in [5.41, 5.74) is 0.434. The number of nitrogens with zero attached hydrogens (tertiary/aromatic N) is 1. The summed E-state index contributed by atoms with van der Waals surface area (Å²) in [4.78, 5) is 13.5. The van der Waals surface area contributed by atoms with Crippen LogP contribution in [0.15, 0.2) is 18.2 Å². The molecule has 0 saturated carbocycles. The van der Waals surface area contributed by atoms with E-state index in [4.69, 9.17) is 23.2 Å². The molecule has 2 atom stereocenters. The van der Waals surface area contributed by atoms with E-state index >= 15 is 0 Å². The number of aliphatic hydroxyl groups is 1. The van der Waals surface area contributed by atoms with Crippen LogP contribution in [0.3, 0.4) is 0 Å². The lowest BCUT2D eigenvalue weighted by Crippen LogP contribution is -2.42. The van der Waals surface area contributed by atoms with E-state index in [1.54, 1.807) is 30.0 Å². The smallest absolute Gasteiger partial charge is 0.237 e. The van der Waals surface area contributed by atoms with E-state index < -0.39 is 6.10 Å². The molecule has 2 N–H and O–H groups in total. The molecule has 0 radical (unpaired) electrons. The average Bonchev–Trinajstić information content (AvgIpc) is 2.34. The SMILES string of the molecule is C[C@@H](C(=O)NCC(O)c1c(Cl)cccc1Cl)N(C)C. The van der Waals surface area contributed by atoms with Crippen molar-refractivity contribution < 1.29 is 9.90 Å². The summed E-state index contributed by atoms with van der Waals surface area (Å²) in [6.07, 6.45) is -0.931. The van der Waals surface area contributed by atoms with E-state index in [0.717, 1.165) is 0 Å². The number of hydrogen-bond donors (Lipinski definition) is 2. The number of carbonyl (C=O) groups excluding carboxylic acids is 1. The van der Waals surface area contributed by atoms with Gasteiger partial charge in [-0.25, -0.2) is 0 Å². The first-order valence-electron chi connectivity index (χ1n) is 5.90. The molecule has 0 fully saturated rings. The Kier molecular flexibility index (Phi) is 6.07. The van der Waals surface area contributed by atoms with Crippen LogP contribution in [0.1, 0.15) is 18.6 Å². The number of aliphatic hydroxyl groups excluding tert-OH is 1. The van der Waals surface area contributed by atoms with Crippen molar-refractivity contribution in [2.75, 3.05) is 20.6 Å². The lowest BCUT2D eigenvalue weighted by atomic mass is 10.1. The van der Waals surface area contributed by atoms with Crippen LogP contribution in [0.4, 0.5) is 0 Å². The largest absolute Gasteiger partial charge is 0.386 e. The van der Waals surface area contributed by atoms with E-state index in [1.165, 1.54) is 0 Å². The zero-order valence-electron chi connectivity index (χ0n) is 11.2. The third kappa shape index (κ3) is 4.35. The summed E-state index contributed by atoms with van der Waals surface area (Å²) in [5, 5.41) is 13.5. The zero-order chi connectivity index (χ0) is 14.6. The van der Waals surface area contributed by atoms with Crippen LogP contribution < -0.4 is 5.32 Å². The summed E-state index contributed by atoms with van der Waals surface area (Å²) in [6, 6.07) is 4.73. The van der Waals surface area contributed by atoms with Gasteiger partial charge in [0.2, 0.25) is 5.91 Å². The van der Waals surface area contributed by atoms with Gasteiger partial charge in [0.15, 0.2) is 0 Å². The maximum atomic E-state index is 11.8. The summed E-state index contributed by atoms with van der Waals surface area (Å²) >= 11 is 12.0. The highest BCUT2D eigenvalue weighted by Crippen LogP contribution is 2.29. The molecule has 0 bridgehead atoms. The number of carbonyl (C=O) groups is 1. The van der Waals surface area contributed by atoms with Crippen molar-refractivity contribution in [3.05, 3.63) is 33.8 Å². The van der Waals surface area contributed by atoms with Crippen molar-refractivity contribution >= 4 is 29.1 Å². The Labute approximate surface area is 123 Å². The van der Waals surface area contributed by atoms with E-state index in [1.807, 2.05) is 14.1 Å². The molecule has 0 saturated heterocycles. The number of amides is 1. The van der Waals surface area contributed by atoms with Gasteiger partial charge in [-0.05, 0) is 33.2 Å². The highest BCUT2D eigenvalue weighted by Gasteiger charge is 2.19. The topological polar surface area (TPSA) is 52.6 Å². The van der Waals surface area contributed by atoms with Crippen molar-refractivity contribution in [1.82, 2.24) is 10.2 Å². The number of likely N-dealkylation sites (N-methyl/N-ethyl adjacent to an activating group) is 1. The lowest BCUT2D eigenvalue weighted by molar-refractivity contribution is -0.125. The number of rotatable bonds is 5. The van der Waals surface area contributed by atoms with E-state index in [2.05, 4.69) is 5.32 Å². The summed E-state index contributed by atoms with van der Waals surface area (Å²) in [7, 11) is 3.62. The first-order valence-corrected chi connectivity index (χ1v) is 6.66. The molecule has 0 aliphatic rings. The van der Waals surface area contributed by atoms with E-state index in [0.29, 0.717) is 15.6 Å². The Bertz CT molecular complexity index is 432. The molecule has 106 valence electrons. The van der Waals surface area contributed by atoms with Gasteiger partial charge < -0.3 is 10.4 Å². The fourth-order valence-electron chi connectivity index (χ4n) is 1.51. The van der Waals surface area contributed by atoms with Crippen LogP contribution in [-0.2, 0) is 4.79 Å². The van der Waals surface area contributed by atoms with Crippen LogP contribution in [0.25, 0.3) is 0 Å². The van der Waals surface area contributed by atoms with Crippen molar-refractivity contribution in [3.8, 4) is 0 Å². The van der Waals surface area contributed by atoms with Crippen LogP contribution in [-0.4, -0.2) is 42.6 Å². The highest BCUT2D eigenvalue weighted by molar-refractivity contribution is 6.36. The third-order valence-corrected chi connectivity index (χ3v) is 3.62. The van der Waals surface area contributed by atoms with Crippen LogP contribution in [0.5, 0.6) is 0 Å². The molecule has 1 rings (SSSR count). The lowest BCUT2D eigenvalue weighted by Gasteiger charge is -2.21. The molecule has 1 amide bonds. The van der Waals surface area contributed by atoms with Crippen molar-refractivity contribution in [2.45, 2.75) is 19.1 Å². The molecule has 0 aromatic heterocycles. The first kappa shape index (κ1) is 16.2. The van der Waals surface area contributed by atoms with Gasteiger partial charge >= 0.3 is 0 Å². The highest BCUT2D eigenvalue weighted by atomic mass is 35.5. The Balaban J connectivity index is 2.66. The van der Waals surface area contributed by atoms with Gasteiger partial charge in [-0.2, -0.15) is 0 Å². The van der Waals surface area contributed by atoms with Crippen molar-refractivity contribution in [1.29, 1.82) is 0 Å². The number of nitrogens with one attached hydrogen (secondary N) is 1. The molecule has 1 aromatic rings. The van der Waals surface area contributed by atoms with Crippen molar-refractivity contribution in [3.63, 3.8) is 0 Å². The maximum Gasteiger partial charge on any atom is 0.237 e. The average molecular weight is 305 g/mol. The summed E-state index contributed by atoms with van der Waals surface area (Å²) in [6.45, 7) is 1.85. The van der Waals surface area contributed by atoms with Crippen molar-refractivity contribution in [2.24, 2.45) is 0 Å². The molecule has 6 heteroatoms. The molecule has 0 aliphatic carbocycles. The third-order valence-electron chi connectivity index (χ3n) is 2.96. The predicted molar refractivity (Wildman–Crippen MR) is 77.6 cm³/mol. The van der Waals surface area contributed by atoms with Gasteiger partial charge in [-0.15, -0.1) is 0 Å². The minimum absolute atomic E-state index is 0.0699. The molecule has 1 aromatic carbocycles. The summed E-state index contributed by atoms with van der Waals surface area (Å²) < 4.78 is 0. The second kappa shape index (κ2) is 7.10. The van der Waals surface area contributed by atoms with Gasteiger partial charge in [0.25, 0.3) is 0 Å².